The van der Waals surface area contributed by atoms with Crippen LogP contribution in [0.5, 0.6) is 0 Å². The summed E-state index contributed by atoms with van der Waals surface area (Å²) >= 11 is 0. The maximum Gasteiger partial charge on any atom is -0.0129 e. The maximum atomic E-state index is 2.33. The molecule has 0 heterocycles. The van der Waals surface area contributed by atoms with Gasteiger partial charge >= 0.3 is 0 Å². The normalized spacial score (nSPS) is 12.2. The third kappa shape index (κ3) is 2.02. The van der Waals surface area contributed by atoms with Gasteiger partial charge in [-0.05, 0) is 57.1 Å². The van der Waals surface area contributed by atoms with Crippen LogP contribution < -0.4 is 0 Å². The van der Waals surface area contributed by atoms with E-state index in [9.17, 15) is 0 Å². The van der Waals surface area contributed by atoms with E-state index >= 15 is 0 Å². The van der Waals surface area contributed by atoms with Crippen molar-refractivity contribution < 1.29 is 0 Å². The lowest BCUT2D eigenvalue weighted by molar-refractivity contribution is 0.587. The second-order valence-corrected chi connectivity index (χ2v) is 6.41. The minimum atomic E-state index is 0.198. The number of benzene rings is 3. The molecule has 0 N–H and O–H groups in total. The first-order chi connectivity index (χ1) is 8.97. The highest BCUT2D eigenvalue weighted by atomic mass is 14.2. The standard InChI is InChI=1S/C19H20/c1-13-17-12-15-8-6-5-7-14(15)11-16(17)9-10-18(13)19(2,3)4/h5-12H,1-4H3. The van der Waals surface area contributed by atoms with Crippen molar-refractivity contribution in [3.05, 3.63) is 59.7 Å². The van der Waals surface area contributed by atoms with E-state index in [1.54, 1.807) is 0 Å². The number of hydrogen-bond acceptors (Lipinski definition) is 0. The molecule has 3 aromatic carbocycles. The van der Waals surface area contributed by atoms with Crippen molar-refractivity contribution >= 4 is 21.5 Å². The first-order valence-electron chi connectivity index (χ1n) is 6.89. The second kappa shape index (κ2) is 4.09. The topological polar surface area (TPSA) is 0 Å². The minimum absolute atomic E-state index is 0.198. The van der Waals surface area contributed by atoms with Crippen molar-refractivity contribution in [2.24, 2.45) is 0 Å². The summed E-state index contributed by atoms with van der Waals surface area (Å²) in [5.41, 5.74) is 3.05. The van der Waals surface area contributed by atoms with Crippen molar-refractivity contribution in [2.45, 2.75) is 33.1 Å². The molecule has 0 bridgehead atoms. The lowest BCUT2D eigenvalue weighted by atomic mass is 9.82. The largest absolute Gasteiger partial charge is 0.0616 e. The quantitative estimate of drug-likeness (QED) is 0.454. The maximum absolute atomic E-state index is 2.33. The van der Waals surface area contributed by atoms with Crippen molar-refractivity contribution in [3.63, 3.8) is 0 Å². The number of aryl methyl sites for hydroxylation is 1. The molecule has 0 saturated heterocycles. The lowest BCUT2D eigenvalue weighted by Gasteiger charge is -2.23. The van der Waals surface area contributed by atoms with Crippen LogP contribution in [0, 0.1) is 6.92 Å². The van der Waals surface area contributed by atoms with Crippen LogP contribution in [0.3, 0.4) is 0 Å². The highest BCUT2D eigenvalue weighted by Gasteiger charge is 2.17. The Hall–Kier alpha value is -1.82. The van der Waals surface area contributed by atoms with Gasteiger partial charge in [-0.1, -0.05) is 57.2 Å². The van der Waals surface area contributed by atoms with Crippen LogP contribution >= 0.6 is 0 Å². The molecule has 0 saturated carbocycles. The van der Waals surface area contributed by atoms with E-state index in [4.69, 9.17) is 0 Å². The fraction of sp³-hybridized carbons (Fsp3) is 0.263. The molecule has 0 heteroatoms. The summed E-state index contributed by atoms with van der Waals surface area (Å²) in [6, 6.07) is 17.8. The third-order valence-electron chi connectivity index (χ3n) is 3.96. The van der Waals surface area contributed by atoms with Crippen molar-refractivity contribution in [3.8, 4) is 0 Å². The van der Waals surface area contributed by atoms with E-state index in [0.29, 0.717) is 0 Å². The summed E-state index contributed by atoms with van der Waals surface area (Å²) in [4.78, 5) is 0. The van der Waals surface area contributed by atoms with Crippen molar-refractivity contribution in [1.82, 2.24) is 0 Å². The Balaban J connectivity index is 2.39. The van der Waals surface area contributed by atoms with E-state index in [1.807, 2.05) is 0 Å². The van der Waals surface area contributed by atoms with Gasteiger partial charge in [0.2, 0.25) is 0 Å². The van der Waals surface area contributed by atoms with Crippen LogP contribution in [0.15, 0.2) is 48.5 Å². The summed E-state index contributed by atoms with van der Waals surface area (Å²) < 4.78 is 0. The fourth-order valence-electron chi connectivity index (χ4n) is 2.98. The summed E-state index contributed by atoms with van der Waals surface area (Å²) in [5.74, 6) is 0. The van der Waals surface area contributed by atoms with E-state index < -0.39 is 0 Å². The summed E-state index contributed by atoms with van der Waals surface area (Å²) in [6.45, 7) is 9.09. The molecule has 0 spiro atoms. The molecular weight excluding hydrogens is 228 g/mol. The van der Waals surface area contributed by atoms with Gasteiger partial charge in [0.25, 0.3) is 0 Å². The summed E-state index contributed by atoms with van der Waals surface area (Å²) in [6.07, 6.45) is 0. The van der Waals surface area contributed by atoms with E-state index in [1.165, 1.54) is 32.7 Å². The third-order valence-corrected chi connectivity index (χ3v) is 3.96. The van der Waals surface area contributed by atoms with Gasteiger partial charge in [-0.3, -0.25) is 0 Å². The first kappa shape index (κ1) is 12.2. The first-order valence-corrected chi connectivity index (χ1v) is 6.89. The fourth-order valence-corrected chi connectivity index (χ4v) is 2.98. The Labute approximate surface area is 115 Å². The molecular formula is C19H20. The zero-order valence-corrected chi connectivity index (χ0v) is 12.1. The number of rotatable bonds is 0. The lowest BCUT2D eigenvalue weighted by Crippen LogP contribution is -2.13. The van der Waals surface area contributed by atoms with Crippen LogP contribution in [0.2, 0.25) is 0 Å². The molecule has 0 radical (unpaired) electrons. The van der Waals surface area contributed by atoms with Gasteiger partial charge < -0.3 is 0 Å². The predicted molar refractivity (Wildman–Crippen MR) is 84.9 cm³/mol. The van der Waals surface area contributed by atoms with Crippen LogP contribution in [0.25, 0.3) is 21.5 Å². The SMILES string of the molecule is Cc1c(C(C)(C)C)ccc2cc3ccccc3cc12. The molecule has 0 unspecified atom stereocenters. The molecule has 0 aliphatic heterocycles. The van der Waals surface area contributed by atoms with Gasteiger partial charge in [0.1, 0.15) is 0 Å². The van der Waals surface area contributed by atoms with Crippen LogP contribution in [0.1, 0.15) is 31.9 Å². The summed E-state index contributed by atoms with van der Waals surface area (Å²) in [7, 11) is 0. The van der Waals surface area contributed by atoms with Crippen LogP contribution in [-0.4, -0.2) is 0 Å². The molecule has 0 amide bonds. The van der Waals surface area contributed by atoms with Gasteiger partial charge in [0.05, 0.1) is 0 Å². The Morgan fingerprint density at radius 2 is 1.37 bits per heavy atom. The van der Waals surface area contributed by atoms with Gasteiger partial charge in [0.15, 0.2) is 0 Å². The van der Waals surface area contributed by atoms with E-state index in [0.717, 1.165) is 0 Å². The molecule has 3 rings (SSSR count). The molecule has 0 aromatic heterocycles. The zero-order valence-electron chi connectivity index (χ0n) is 12.1. The van der Waals surface area contributed by atoms with Crippen molar-refractivity contribution in [2.75, 3.05) is 0 Å². The average molecular weight is 248 g/mol. The Morgan fingerprint density at radius 1 is 0.737 bits per heavy atom. The van der Waals surface area contributed by atoms with Crippen LogP contribution in [-0.2, 0) is 5.41 Å². The van der Waals surface area contributed by atoms with Gasteiger partial charge in [-0.2, -0.15) is 0 Å². The molecule has 0 aliphatic rings. The monoisotopic (exact) mass is 248 g/mol. The number of fused-ring (bicyclic) bond motifs is 2. The Morgan fingerprint density at radius 3 is 2.00 bits per heavy atom. The predicted octanol–water partition coefficient (Wildman–Crippen LogP) is 5.60. The molecule has 0 fully saturated rings. The number of hydrogen-bond donors (Lipinski definition) is 0. The second-order valence-electron chi connectivity index (χ2n) is 6.41. The van der Waals surface area contributed by atoms with Crippen LogP contribution in [0.4, 0.5) is 0 Å². The van der Waals surface area contributed by atoms with E-state index in [2.05, 4.69) is 76.2 Å². The van der Waals surface area contributed by atoms with Crippen molar-refractivity contribution in [1.29, 1.82) is 0 Å². The molecule has 0 atom stereocenters. The Kier molecular flexibility index (Phi) is 2.63. The Bertz CT molecular complexity index is 758. The minimum Gasteiger partial charge on any atom is -0.0616 e. The molecule has 0 aliphatic carbocycles. The molecule has 96 valence electrons. The average Bonchev–Trinajstić information content (AvgIpc) is 2.36. The molecule has 19 heavy (non-hydrogen) atoms. The van der Waals surface area contributed by atoms with Gasteiger partial charge in [0, 0.05) is 0 Å². The molecule has 3 aromatic rings. The highest BCUT2D eigenvalue weighted by molar-refractivity contribution is 6.00. The smallest absolute Gasteiger partial charge is 0.0129 e. The zero-order chi connectivity index (χ0) is 13.6. The summed E-state index contributed by atoms with van der Waals surface area (Å²) in [5, 5.41) is 5.36. The molecule has 0 nitrogen and oxygen atoms in total. The van der Waals surface area contributed by atoms with Gasteiger partial charge in [-0.25, -0.2) is 0 Å². The van der Waals surface area contributed by atoms with E-state index in [-0.39, 0.29) is 5.41 Å². The highest BCUT2D eigenvalue weighted by Crippen LogP contribution is 2.32. The van der Waals surface area contributed by atoms with Gasteiger partial charge in [-0.15, -0.1) is 0 Å².